The molecule has 0 amide bonds. The summed E-state index contributed by atoms with van der Waals surface area (Å²) in [5, 5.41) is 0.635. The Kier molecular flexibility index (Phi) is 1.79. The molecular formula is C11H7ClN2O. The second-order valence-electron chi connectivity index (χ2n) is 3.17. The second kappa shape index (κ2) is 3.14. The number of aromatic nitrogens is 2. The van der Waals surface area contributed by atoms with Crippen molar-refractivity contribution in [3.05, 3.63) is 47.9 Å². The van der Waals surface area contributed by atoms with Crippen LogP contribution in [0.1, 0.15) is 0 Å². The maximum absolute atomic E-state index is 6.02. The Balaban J connectivity index is 2.34. The summed E-state index contributed by atoms with van der Waals surface area (Å²) in [6, 6.07) is 7.43. The van der Waals surface area contributed by atoms with Crippen molar-refractivity contribution in [2.75, 3.05) is 0 Å². The molecule has 0 spiro atoms. The summed E-state index contributed by atoms with van der Waals surface area (Å²) in [7, 11) is 0. The van der Waals surface area contributed by atoms with Gasteiger partial charge in [-0.1, -0.05) is 11.6 Å². The van der Waals surface area contributed by atoms with Crippen LogP contribution in [-0.4, -0.2) is 9.38 Å². The molecule has 0 saturated heterocycles. The predicted molar refractivity (Wildman–Crippen MR) is 57.9 cm³/mol. The Morgan fingerprint density at radius 2 is 2.20 bits per heavy atom. The van der Waals surface area contributed by atoms with E-state index < -0.39 is 0 Å². The highest BCUT2D eigenvalue weighted by Gasteiger charge is 2.09. The molecule has 0 aliphatic carbocycles. The summed E-state index contributed by atoms with van der Waals surface area (Å²) >= 11 is 6.02. The molecule has 4 heteroatoms. The molecule has 0 aromatic carbocycles. The van der Waals surface area contributed by atoms with Crippen molar-refractivity contribution < 1.29 is 4.42 Å². The average molecular weight is 219 g/mol. The molecule has 74 valence electrons. The van der Waals surface area contributed by atoms with Gasteiger partial charge in [0.25, 0.3) is 0 Å². The van der Waals surface area contributed by atoms with Crippen molar-refractivity contribution in [1.29, 1.82) is 0 Å². The molecule has 3 aromatic heterocycles. The minimum Gasteiger partial charge on any atom is -0.463 e. The molecular weight excluding hydrogens is 212 g/mol. The molecule has 15 heavy (non-hydrogen) atoms. The molecule has 0 aliphatic heterocycles. The lowest BCUT2D eigenvalue weighted by atomic mass is 10.3. The van der Waals surface area contributed by atoms with Crippen LogP contribution in [0.3, 0.4) is 0 Å². The summed E-state index contributed by atoms with van der Waals surface area (Å²) in [6.45, 7) is 0. The number of imidazole rings is 1. The van der Waals surface area contributed by atoms with Gasteiger partial charge in [0.1, 0.15) is 5.69 Å². The molecule has 0 atom stereocenters. The fraction of sp³-hybridized carbons (Fsp3) is 0. The summed E-state index contributed by atoms with van der Waals surface area (Å²) in [4.78, 5) is 4.25. The standard InChI is InChI=1S/C11H7ClN2O/c12-8-3-1-5-14-9(7-13-11(8)14)10-4-2-6-15-10/h1-7H. The monoisotopic (exact) mass is 218 g/mol. The number of nitrogens with zero attached hydrogens (tertiary/aromatic N) is 2. The van der Waals surface area contributed by atoms with Gasteiger partial charge in [-0.15, -0.1) is 0 Å². The van der Waals surface area contributed by atoms with E-state index in [1.54, 1.807) is 12.5 Å². The van der Waals surface area contributed by atoms with Gasteiger partial charge < -0.3 is 4.42 Å². The van der Waals surface area contributed by atoms with Crippen molar-refractivity contribution in [3.8, 4) is 11.5 Å². The van der Waals surface area contributed by atoms with E-state index in [0.717, 1.165) is 17.1 Å². The van der Waals surface area contributed by atoms with Crippen molar-refractivity contribution in [1.82, 2.24) is 9.38 Å². The molecule has 3 nitrogen and oxygen atoms in total. The smallest absolute Gasteiger partial charge is 0.156 e. The van der Waals surface area contributed by atoms with Crippen LogP contribution in [0.5, 0.6) is 0 Å². The fourth-order valence-electron chi connectivity index (χ4n) is 1.58. The van der Waals surface area contributed by atoms with E-state index in [2.05, 4.69) is 4.98 Å². The Hall–Kier alpha value is -1.74. The largest absolute Gasteiger partial charge is 0.463 e. The number of hydrogen-bond donors (Lipinski definition) is 0. The summed E-state index contributed by atoms with van der Waals surface area (Å²) < 4.78 is 7.23. The lowest BCUT2D eigenvalue weighted by Gasteiger charge is -1.98. The molecule has 0 N–H and O–H groups in total. The highest BCUT2D eigenvalue weighted by molar-refractivity contribution is 6.33. The first-order chi connectivity index (χ1) is 7.36. The third kappa shape index (κ3) is 1.24. The van der Waals surface area contributed by atoms with Gasteiger partial charge in [0, 0.05) is 6.20 Å². The van der Waals surface area contributed by atoms with Crippen LogP contribution in [0, 0.1) is 0 Å². The summed E-state index contributed by atoms with van der Waals surface area (Å²) in [5.41, 5.74) is 1.64. The number of furan rings is 1. The number of hydrogen-bond acceptors (Lipinski definition) is 2. The van der Waals surface area contributed by atoms with Gasteiger partial charge in [0.15, 0.2) is 11.4 Å². The van der Waals surface area contributed by atoms with E-state index in [1.807, 2.05) is 34.9 Å². The SMILES string of the molecule is Clc1cccn2c(-c3ccco3)cnc12. The van der Waals surface area contributed by atoms with Crippen LogP contribution in [0.2, 0.25) is 5.02 Å². The molecule has 0 fully saturated rings. The van der Waals surface area contributed by atoms with Crippen molar-refractivity contribution in [2.24, 2.45) is 0 Å². The third-order valence-corrected chi connectivity index (χ3v) is 2.56. The van der Waals surface area contributed by atoms with Gasteiger partial charge in [-0.3, -0.25) is 4.40 Å². The van der Waals surface area contributed by atoms with Crippen LogP contribution in [-0.2, 0) is 0 Å². The topological polar surface area (TPSA) is 30.4 Å². The van der Waals surface area contributed by atoms with E-state index in [9.17, 15) is 0 Å². The highest BCUT2D eigenvalue weighted by Crippen LogP contribution is 2.24. The van der Waals surface area contributed by atoms with E-state index >= 15 is 0 Å². The zero-order valence-corrected chi connectivity index (χ0v) is 8.48. The van der Waals surface area contributed by atoms with Crippen LogP contribution in [0.25, 0.3) is 17.1 Å². The minimum atomic E-state index is 0.635. The maximum Gasteiger partial charge on any atom is 0.156 e. The van der Waals surface area contributed by atoms with Gasteiger partial charge >= 0.3 is 0 Å². The van der Waals surface area contributed by atoms with Crippen molar-refractivity contribution in [3.63, 3.8) is 0 Å². The Morgan fingerprint density at radius 3 is 3.00 bits per heavy atom. The Bertz CT molecular complexity index is 598. The first-order valence-electron chi connectivity index (χ1n) is 4.52. The van der Waals surface area contributed by atoms with Crippen LogP contribution < -0.4 is 0 Å². The maximum atomic E-state index is 6.02. The van der Waals surface area contributed by atoms with E-state index in [1.165, 1.54) is 0 Å². The number of pyridine rings is 1. The summed E-state index contributed by atoms with van der Waals surface area (Å²) in [6.07, 6.45) is 5.30. The zero-order valence-electron chi connectivity index (χ0n) is 7.72. The lowest BCUT2D eigenvalue weighted by Crippen LogP contribution is -1.86. The number of rotatable bonds is 1. The van der Waals surface area contributed by atoms with Crippen LogP contribution in [0.15, 0.2) is 47.3 Å². The van der Waals surface area contributed by atoms with Crippen LogP contribution >= 0.6 is 11.6 Å². The average Bonchev–Trinajstić information content (AvgIpc) is 2.85. The zero-order chi connectivity index (χ0) is 10.3. The van der Waals surface area contributed by atoms with E-state index in [-0.39, 0.29) is 0 Å². The van der Waals surface area contributed by atoms with Crippen LogP contribution in [0.4, 0.5) is 0 Å². The summed E-state index contributed by atoms with van der Waals surface area (Å²) in [5.74, 6) is 0.782. The van der Waals surface area contributed by atoms with Gasteiger partial charge in [-0.2, -0.15) is 0 Å². The van der Waals surface area contributed by atoms with Crippen molar-refractivity contribution in [2.45, 2.75) is 0 Å². The second-order valence-corrected chi connectivity index (χ2v) is 3.58. The van der Waals surface area contributed by atoms with Gasteiger partial charge in [0.05, 0.1) is 17.5 Å². The Morgan fingerprint density at radius 1 is 1.27 bits per heavy atom. The van der Waals surface area contributed by atoms with Crippen molar-refractivity contribution >= 4 is 17.2 Å². The molecule has 0 unspecified atom stereocenters. The molecule has 0 saturated carbocycles. The Labute approximate surface area is 90.9 Å². The first-order valence-corrected chi connectivity index (χ1v) is 4.89. The number of fused-ring (bicyclic) bond motifs is 1. The van der Waals surface area contributed by atoms with Gasteiger partial charge in [-0.05, 0) is 24.3 Å². The minimum absolute atomic E-state index is 0.635. The van der Waals surface area contributed by atoms with E-state index in [0.29, 0.717) is 5.02 Å². The normalized spacial score (nSPS) is 11.0. The molecule has 3 aromatic rings. The fourth-order valence-corrected chi connectivity index (χ4v) is 1.80. The van der Waals surface area contributed by atoms with Gasteiger partial charge in [0.2, 0.25) is 0 Å². The predicted octanol–water partition coefficient (Wildman–Crippen LogP) is 3.25. The van der Waals surface area contributed by atoms with Gasteiger partial charge in [-0.25, -0.2) is 4.98 Å². The molecule has 3 rings (SSSR count). The van der Waals surface area contributed by atoms with E-state index in [4.69, 9.17) is 16.0 Å². The molecule has 0 aliphatic rings. The quantitative estimate of drug-likeness (QED) is 0.628. The first kappa shape index (κ1) is 8.56. The highest BCUT2D eigenvalue weighted by atomic mass is 35.5. The number of halogens is 1. The molecule has 0 bridgehead atoms. The lowest BCUT2D eigenvalue weighted by molar-refractivity contribution is 0.579. The molecule has 0 radical (unpaired) electrons. The molecule has 3 heterocycles. The third-order valence-electron chi connectivity index (χ3n) is 2.26.